The number of rotatable bonds is 17. The molecule has 4 aliphatic heterocycles. The van der Waals surface area contributed by atoms with Crippen LogP contribution in [0.3, 0.4) is 0 Å². The van der Waals surface area contributed by atoms with Crippen LogP contribution >= 0.6 is 0 Å². The Kier molecular flexibility index (Phi) is 17.8. The van der Waals surface area contributed by atoms with Crippen molar-refractivity contribution in [1.82, 2.24) is 0 Å². The lowest BCUT2D eigenvalue weighted by Gasteiger charge is -2.46. The van der Waals surface area contributed by atoms with Crippen molar-refractivity contribution in [2.45, 2.75) is 92.1 Å². The van der Waals surface area contributed by atoms with E-state index < -0.39 is 129 Å². The zero-order chi connectivity index (χ0) is 55.2. The van der Waals surface area contributed by atoms with Crippen molar-refractivity contribution in [3.63, 3.8) is 0 Å². The molecule has 3 aromatic rings. The van der Waals surface area contributed by atoms with Crippen LogP contribution in [0, 0.1) is 0 Å². The maximum Gasteiger partial charge on any atom is 0.330 e. The monoisotopic (exact) mass is 1080 g/mol. The molecule has 0 amide bonds. The van der Waals surface area contributed by atoms with Crippen LogP contribution in [0.5, 0.6) is 34.5 Å². The molecular weight excluding hydrogens is 1020 g/mol. The van der Waals surface area contributed by atoms with Crippen LogP contribution < -0.4 is 19.6 Å². The van der Waals surface area contributed by atoms with Gasteiger partial charge in [0.1, 0.15) is 103 Å². The van der Waals surface area contributed by atoms with Gasteiger partial charge in [0.15, 0.2) is 40.8 Å². The second kappa shape index (κ2) is 24.4. The zero-order valence-corrected chi connectivity index (χ0v) is 40.3. The van der Waals surface area contributed by atoms with Crippen molar-refractivity contribution in [3.8, 4) is 57.1 Å². The average Bonchev–Trinajstić information content (AvgIpc) is 3.46. The molecular formula is C52H54O25. The Balaban J connectivity index is 1.11. The van der Waals surface area contributed by atoms with Crippen molar-refractivity contribution >= 4 is 24.1 Å². The van der Waals surface area contributed by atoms with E-state index in [1.807, 2.05) is 0 Å². The number of hydrogen-bond acceptors (Lipinski definition) is 25. The van der Waals surface area contributed by atoms with E-state index >= 15 is 0 Å². The standard InChI is InChI=1S/C52H54O25/c1-68-33-16-24(4-13-30(33)57)6-15-39(59)69-21-36-41(61)44(64)47(67)51(75-36)77-49-45(65)42(62)37(22-70-38(58)14-5-23-2-9-26(54)10-3-23)76-52(49)73-34-19-29-31(71-48(34)25-7-11-27(55)12-8-25)17-28(56)18-32(29)72-50-46(66)43(63)40(60)35(20-53)74-50/h2-19,35-37,40-47,49-55,57,60-67H,20-22H2,1H3/t35-,36-,37-,40-,41-,42-,43+,44+,45+,46-,47-,49-,50-,51+,52-/m1/s1. The van der Waals surface area contributed by atoms with E-state index in [4.69, 9.17) is 47.0 Å². The van der Waals surface area contributed by atoms with E-state index in [1.165, 1.54) is 92.1 Å². The molecule has 412 valence electrons. The Morgan fingerprint density at radius 2 is 1.09 bits per heavy atom. The summed E-state index contributed by atoms with van der Waals surface area (Å²) >= 11 is 0. The van der Waals surface area contributed by atoms with Gasteiger partial charge in [0.25, 0.3) is 0 Å². The van der Waals surface area contributed by atoms with Crippen LogP contribution in [0.25, 0.3) is 34.8 Å². The Morgan fingerprint density at radius 1 is 0.558 bits per heavy atom. The van der Waals surface area contributed by atoms with Gasteiger partial charge in [-0.1, -0.05) is 18.2 Å². The molecule has 0 aromatic heterocycles. The van der Waals surface area contributed by atoms with Gasteiger partial charge in [-0.3, -0.25) is 4.79 Å². The first kappa shape index (κ1) is 56.0. The number of carbonyl (C=O) groups excluding carboxylic acids is 2. The fourth-order valence-electron chi connectivity index (χ4n) is 8.32. The lowest BCUT2D eigenvalue weighted by molar-refractivity contribution is -0.358. The highest BCUT2D eigenvalue weighted by Gasteiger charge is 2.52. The first-order valence-corrected chi connectivity index (χ1v) is 23.6. The number of methoxy groups -OCH3 is 1. The van der Waals surface area contributed by atoms with Crippen molar-refractivity contribution in [1.29, 1.82) is 0 Å². The molecule has 1 aliphatic carbocycles. The summed E-state index contributed by atoms with van der Waals surface area (Å²) in [6.45, 7) is -2.32. The molecule has 8 rings (SSSR count). The smallest absolute Gasteiger partial charge is 0.330 e. The summed E-state index contributed by atoms with van der Waals surface area (Å²) in [4.78, 5) is 38.9. The molecule has 3 fully saturated rings. The van der Waals surface area contributed by atoms with Crippen molar-refractivity contribution in [2.24, 2.45) is 0 Å². The minimum Gasteiger partial charge on any atom is -0.508 e. The van der Waals surface area contributed by atoms with E-state index in [1.54, 1.807) is 0 Å². The number of aromatic hydroxyl groups is 3. The SMILES string of the molecule is COc1cc(C=CC(=O)OC[C@H]2O[C@@H](O[C@H]3[C@H](Oc4cc5c(O[C@@H]6O[C@H](CO)[C@@H](O)[C@H](O)[C@H]6O)cc(=O)cc-5oc4-c4ccc(O)cc4)O[C@H](COC(=O)C=Cc4ccc(O)cc4)[C@@H](O)[C@@H]3O)[C@H](O)[C@@H](O)[C@@H]2O)ccc1O. The molecule has 0 saturated carbocycles. The average molecular weight is 1080 g/mol. The summed E-state index contributed by atoms with van der Waals surface area (Å²) in [6, 6.07) is 18.6. The first-order chi connectivity index (χ1) is 36.8. The van der Waals surface area contributed by atoms with Gasteiger partial charge in [-0.05, 0) is 77.9 Å². The van der Waals surface area contributed by atoms with Gasteiger partial charge in [0, 0.05) is 29.8 Å². The fourth-order valence-corrected chi connectivity index (χ4v) is 8.32. The molecule has 12 N–H and O–H groups in total. The van der Waals surface area contributed by atoms with Crippen LogP contribution in [0.2, 0.25) is 0 Å². The molecule has 0 spiro atoms. The maximum atomic E-state index is 13.1. The highest BCUT2D eigenvalue weighted by atomic mass is 16.8. The molecule has 25 nitrogen and oxygen atoms in total. The second-order valence-corrected chi connectivity index (χ2v) is 17.8. The predicted octanol–water partition coefficient (Wildman–Crippen LogP) is -0.753. The molecule has 25 heteroatoms. The molecule has 4 heterocycles. The highest BCUT2D eigenvalue weighted by molar-refractivity contribution is 5.87. The van der Waals surface area contributed by atoms with Crippen LogP contribution in [0.1, 0.15) is 11.1 Å². The summed E-state index contributed by atoms with van der Waals surface area (Å²) in [5, 5.41) is 128. The van der Waals surface area contributed by atoms with Gasteiger partial charge in [-0.15, -0.1) is 0 Å². The number of aliphatic hydroxyl groups excluding tert-OH is 9. The quantitative estimate of drug-likeness (QED) is 0.0402. The highest BCUT2D eigenvalue weighted by Crippen LogP contribution is 2.43. The Labute approximate surface area is 435 Å². The normalized spacial score (nSPS) is 29.6. The maximum absolute atomic E-state index is 13.1. The molecule has 15 atom stereocenters. The minimum atomic E-state index is -2.12. The van der Waals surface area contributed by atoms with E-state index in [2.05, 4.69) is 0 Å². The third kappa shape index (κ3) is 13.0. The van der Waals surface area contributed by atoms with Crippen LogP contribution in [0.4, 0.5) is 0 Å². The van der Waals surface area contributed by atoms with Gasteiger partial charge < -0.3 is 108 Å². The van der Waals surface area contributed by atoms with Gasteiger partial charge in [0.2, 0.25) is 12.6 Å². The largest absolute Gasteiger partial charge is 0.508 e. The van der Waals surface area contributed by atoms with Gasteiger partial charge >= 0.3 is 11.9 Å². The van der Waals surface area contributed by atoms with E-state index in [0.29, 0.717) is 11.1 Å². The molecule has 5 aliphatic rings. The number of benzene rings is 4. The summed E-state index contributed by atoms with van der Waals surface area (Å²) in [5.74, 6) is -3.24. The number of hydrogen-bond donors (Lipinski definition) is 12. The predicted molar refractivity (Wildman–Crippen MR) is 259 cm³/mol. The van der Waals surface area contributed by atoms with Crippen LogP contribution in [-0.2, 0) is 38.0 Å². The molecule has 0 radical (unpaired) electrons. The summed E-state index contributed by atoms with van der Waals surface area (Å²) in [5.41, 5.74) is 0.298. The third-order valence-corrected chi connectivity index (χ3v) is 12.6. The van der Waals surface area contributed by atoms with E-state index in [0.717, 1.165) is 24.3 Å². The topological polar surface area (TPSA) is 390 Å². The first-order valence-electron chi connectivity index (χ1n) is 23.6. The summed E-state index contributed by atoms with van der Waals surface area (Å²) < 4.78 is 57.8. The molecule has 0 unspecified atom stereocenters. The summed E-state index contributed by atoms with van der Waals surface area (Å²) in [7, 11) is 1.33. The van der Waals surface area contributed by atoms with Crippen molar-refractivity contribution in [2.75, 3.05) is 26.9 Å². The van der Waals surface area contributed by atoms with Crippen LogP contribution in [0.15, 0.2) is 106 Å². The number of fused-ring (bicyclic) bond motifs is 1. The Morgan fingerprint density at radius 3 is 1.71 bits per heavy atom. The number of phenols is 3. The molecule has 0 bridgehead atoms. The van der Waals surface area contributed by atoms with Crippen LogP contribution in [-0.4, -0.2) is 192 Å². The van der Waals surface area contributed by atoms with Gasteiger partial charge in [0.05, 0.1) is 19.3 Å². The minimum absolute atomic E-state index is 0.0190. The fraction of sp³-hybridized carbons (Fsp3) is 0.365. The molecule has 3 aromatic carbocycles. The number of aliphatic hydroxyl groups is 9. The number of ether oxygens (including phenoxy) is 9. The zero-order valence-electron chi connectivity index (χ0n) is 40.3. The number of esters is 2. The van der Waals surface area contributed by atoms with Crippen molar-refractivity contribution < 1.29 is 118 Å². The Hall–Kier alpha value is -7.21. The van der Waals surface area contributed by atoms with Gasteiger partial charge in [-0.2, -0.15) is 0 Å². The lowest BCUT2D eigenvalue weighted by Crippen LogP contribution is -2.65. The summed E-state index contributed by atoms with van der Waals surface area (Å²) in [6.07, 6.45) is -23.5. The van der Waals surface area contributed by atoms with Crippen molar-refractivity contribution in [3.05, 3.63) is 118 Å². The Bertz CT molecular complexity index is 2900. The number of phenolic OH excluding ortho intramolecular Hbond substituents is 3. The molecule has 77 heavy (non-hydrogen) atoms. The number of carbonyl (C=O) groups is 2. The lowest BCUT2D eigenvalue weighted by atomic mass is 9.97. The third-order valence-electron chi connectivity index (χ3n) is 12.6. The van der Waals surface area contributed by atoms with E-state index in [-0.39, 0.29) is 57.1 Å². The molecule has 3 saturated heterocycles. The van der Waals surface area contributed by atoms with Gasteiger partial charge in [-0.25, -0.2) is 9.59 Å². The van der Waals surface area contributed by atoms with E-state index in [9.17, 15) is 75.7 Å². The second-order valence-electron chi connectivity index (χ2n) is 17.8.